The second kappa shape index (κ2) is 6.63. The third kappa shape index (κ3) is 3.76. The van der Waals surface area contributed by atoms with E-state index in [0.717, 1.165) is 36.3 Å². The van der Waals surface area contributed by atoms with Gasteiger partial charge in [-0.25, -0.2) is 14.4 Å². The maximum absolute atomic E-state index is 12.9. The maximum atomic E-state index is 12.9. The van der Waals surface area contributed by atoms with Crippen LogP contribution in [0.3, 0.4) is 0 Å². The number of hydrogen-bond donors (Lipinski definition) is 2. The number of nitrogens with zero attached hydrogens (tertiary/aromatic N) is 2. The Labute approximate surface area is 124 Å². The highest BCUT2D eigenvalue weighted by Gasteiger charge is 2.17. The Balaban J connectivity index is 0.00000161. The molecule has 0 amide bonds. The predicted octanol–water partition coefficient (Wildman–Crippen LogP) is 2.53. The van der Waals surface area contributed by atoms with Crippen LogP contribution in [-0.4, -0.2) is 29.1 Å². The molecule has 1 aromatic heterocycles. The monoisotopic (exact) mass is 288 g/mol. The molecule has 21 heavy (non-hydrogen) atoms. The van der Waals surface area contributed by atoms with E-state index < -0.39 is 0 Å². The second-order valence-corrected chi connectivity index (χ2v) is 5.11. The van der Waals surface area contributed by atoms with Gasteiger partial charge in [-0.2, -0.15) is 0 Å². The van der Waals surface area contributed by atoms with Crippen LogP contribution in [0.25, 0.3) is 0 Å². The zero-order chi connectivity index (χ0) is 13.9. The summed E-state index contributed by atoms with van der Waals surface area (Å²) in [5, 5.41) is 6.48. The minimum atomic E-state index is -0.213. The molecule has 1 aromatic carbocycles. The van der Waals surface area contributed by atoms with E-state index >= 15 is 0 Å². The van der Waals surface area contributed by atoms with Gasteiger partial charge in [0.05, 0.1) is 6.04 Å². The summed E-state index contributed by atoms with van der Waals surface area (Å²) >= 11 is 0. The second-order valence-electron chi connectivity index (χ2n) is 5.11. The summed E-state index contributed by atoms with van der Waals surface area (Å²) in [5.74, 6) is 0.465. The fraction of sp³-hybridized carbons (Fsp3) is 0.375. The lowest BCUT2D eigenvalue weighted by atomic mass is 10.1. The van der Waals surface area contributed by atoms with E-state index in [1.807, 2.05) is 13.1 Å². The van der Waals surface area contributed by atoms with Crippen LogP contribution in [0.5, 0.6) is 0 Å². The first kappa shape index (κ1) is 15.4. The van der Waals surface area contributed by atoms with Gasteiger partial charge in [0.2, 0.25) is 5.95 Å². The number of halogens is 1. The van der Waals surface area contributed by atoms with Gasteiger partial charge in [0.1, 0.15) is 5.82 Å². The van der Waals surface area contributed by atoms with Crippen molar-refractivity contribution in [1.29, 1.82) is 0 Å². The third-order valence-corrected chi connectivity index (χ3v) is 3.50. The van der Waals surface area contributed by atoms with Gasteiger partial charge in [0.25, 0.3) is 0 Å². The average molecular weight is 288 g/mol. The molecule has 112 valence electrons. The molecule has 1 aliphatic rings. The van der Waals surface area contributed by atoms with Crippen LogP contribution in [0.1, 0.15) is 24.2 Å². The Kier molecular flexibility index (Phi) is 4.85. The van der Waals surface area contributed by atoms with Crippen molar-refractivity contribution in [2.24, 2.45) is 0 Å². The lowest BCUT2D eigenvalue weighted by molar-refractivity contribution is 0.469. The number of aromatic nitrogens is 2. The van der Waals surface area contributed by atoms with Crippen molar-refractivity contribution in [3.8, 4) is 0 Å². The molecule has 0 radical (unpaired) electrons. The van der Waals surface area contributed by atoms with Crippen molar-refractivity contribution in [2.75, 3.05) is 18.4 Å². The Morgan fingerprint density at radius 3 is 2.57 bits per heavy atom. The standard InChI is InChI=1S/C15H17FN4.CH4/c1-10-12(6-11-2-4-13(16)5-3-11)7-18-15(19-10)20-14-8-17-9-14;/h2-5,7,14,17H,6,8-9H2,1H3,(H,18,19,20);1H4. The molecule has 2 N–H and O–H groups in total. The Morgan fingerprint density at radius 2 is 2.00 bits per heavy atom. The van der Waals surface area contributed by atoms with Crippen molar-refractivity contribution < 1.29 is 4.39 Å². The Hall–Kier alpha value is -2.01. The van der Waals surface area contributed by atoms with E-state index in [1.165, 1.54) is 12.1 Å². The van der Waals surface area contributed by atoms with Gasteiger partial charge < -0.3 is 10.6 Å². The van der Waals surface area contributed by atoms with Crippen molar-refractivity contribution in [2.45, 2.75) is 26.8 Å². The smallest absolute Gasteiger partial charge is 0.223 e. The van der Waals surface area contributed by atoms with Gasteiger partial charge in [-0.15, -0.1) is 0 Å². The van der Waals surface area contributed by atoms with E-state index in [1.54, 1.807) is 12.1 Å². The molecule has 0 bridgehead atoms. The highest BCUT2D eigenvalue weighted by molar-refractivity contribution is 5.34. The molecular formula is C16H21FN4. The van der Waals surface area contributed by atoms with E-state index in [9.17, 15) is 4.39 Å². The number of hydrogen-bond acceptors (Lipinski definition) is 4. The SMILES string of the molecule is C.Cc1nc(NC2CNC2)ncc1Cc1ccc(F)cc1. The first-order valence-electron chi connectivity index (χ1n) is 6.75. The molecular weight excluding hydrogens is 267 g/mol. The quantitative estimate of drug-likeness (QED) is 0.907. The molecule has 0 atom stereocenters. The largest absolute Gasteiger partial charge is 0.349 e. The van der Waals surface area contributed by atoms with Crippen LogP contribution >= 0.6 is 0 Å². The summed E-state index contributed by atoms with van der Waals surface area (Å²) in [6.07, 6.45) is 2.57. The van der Waals surface area contributed by atoms with E-state index in [4.69, 9.17) is 0 Å². The number of nitrogens with one attached hydrogen (secondary N) is 2. The molecule has 1 fully saturated rings. The van der Waals surface area contributed by atoms with Crippen LogP contribution in [0.15, 0.2) is 30.5 Å². The normalized spacial score (nSPS) is 14.2. The van der Waals surface area contributed by atoms with Crippen LogP contribution in [0.4, 0.5) is 10.3 Å². The summed E-state index contributed by atoms with van der Waals surface area (Å²) in [6.45, 7) is 3.89. The molecule has 1 aliphatic heterocycles. The van der Waals surface area contributed by atoms with Crippen LogP contribution < -0.4 is 10.6 Å². The zero-order valence-electron chi connectivity index (χ0n) is 11.4. The highest BCUT2D eigenvalue weighted by atomic mass is 19.1. The molecule has 5 heteroatoms. The van der Waals surface area contributed by atoms with Gasteiger partial charge >= 0.3 is 0 Å². The van der Waals surface area contributed by atoms with E-state index in [0.29, 0.717) is 12.0 Å². The third-order valence-electron chi connectivity index (χ3n) is 3.50. The van der Waals surface area contributed by atoms with E-state index in [2.05, 4.69) is 20.6 Å². The molecule has 4 nitrogen and oxygen atoms in total. The first-order valence-corrected chi connectivity index (χ1v) is 6.75. The number of aryl methyl sites for hydroxylation is 1. The van der Waals surface area contributed by atoms with Gasteiger partial charge in [-0.1, -0.05) is 19.6 Å². The molecule has 2 heterocycles. The molecule has 2 aromatic rings. The average Bonchev–Trinajstić information content (AvgIpc) is 2.39. The lowest BCUT2D eigenvalue weighted by Gasteiger charge is -2.28. The zero-order valence-corrected chi connectivity index (χ0v) is 11.4. The fourth-order valence-corrected chi connectivity index (χ4v) is 2.13. The van der Waals surface area contributed by atoms with Gasteiger partial charge in [0.15, 0.2) is 0 Å². The summed E-state index contributed by atoms with van der Waals surface area (Å²) in [6, 6.07) is 6.97. The lowest BCUT2D eigenvalue weighted by Crippen LogP contribution is -2.51. The summed E-state index contributed by atoms with van der Waals surface area (Å²) < 4.78 is 12.9. The van der Waals surface area contributed by atoms with Crippen LogP contribution in [0, 0.1) is 12.7 Å². The Morgan fingerprint density at radius 1 is 1.29 bits per heavy atom. The fourth-order valence-electron chi connectivity index (χ4n) is 2.13. The van der Waals surface area contributed by atoms with Crippen LogP contribution in [-0.2, 0) is 6.42 Å². The van der Waals surface area contributed by atoms with Gasteiger partial charge in [-0.05, 0) is 30.2 Å². The highest BCUT2D eigenvalue weighted by Crippen LogP contribution is 2.14. The minimum absolute atomic E-state index is 0. The number of anilines is 1. The van der Waals surface area contributed by atoms with E-state index in [-0.39, 0.29) is 13.2 Å². The van der Waals surface area contributed by atoms with Crippen LogP contribution in [0.2, 0.25) is 0 Å². The van der Waals surface area contributed by atoms with Crippen molar-refractivity contribution >= 4 is 5.95 Å². The minimum Gasteiger partial charge on any atom is -0.349 e. The Bertz CT molecular complexity index is 594. The first-order chi connectivity index (χ1) is 9.70. The molecule has 3 rings (SSSR count). The van der Waals surface area contributed by atoms with Gasteiger partial charge in [0, 0.05) is 31.4 Å². The number of benzene rings is 1. The molecule has 0 saturated carbocycles. The molecule has 0 unspecified atom stereocenters. The number of rotatable bonds is 4. The maximum Gasteiger partial charge on any atom is 0.223 e. The predicted molar refractivity (Wildman–Crippen MR) is 83.0 cm³/mol. The van der Waals surface area contributed by atoms with Crippen molar-refractivity contribution in [3.63, 3.8) is 0 Å². The summed E-state index contributed by atoms with van der Waals surface area (Å²) in [7, 11) is 0. The summed E-state index contributed by atoms with van der Waals surface area (Å²) in [4.78, 5) is 8.84. The van der Waals surface area contributed by atoms with Gasteiger partial charge in [-0.3, -0.25) is 0 Å². The molecule has 1 saturated heterocycles. The van der Waals surface area contributed by atoms with Crippen molar-refractivity contribution in [3.05, 3.63) is 53.1 Å². The van der Waals surface area contributed by atoms with Crippen molar-refractivity contribution in [1.82, 2.24) is 15.3 Å². The summed E-state index contributed by atoms with van der Waals surface area (Å²) in [5.41, 5.74) is 3.08. The molecule has 0 aliphatic carbocycles. The molecule has 0 spiro atoms. The topological polar surface area (TPSA) is 49.8 Å².